The molecule has 9 heteroatoms. The van der Waals surface area contributed by atoms with Gasteiger partial charge >= 0.3 is 70.2 Å². The van der Waals surface area contributed by atoms with E-state index in [9.17, 15) is 0 Å². The SMILES string of the molecule is CP(C)C.CP(C)C.CP(C)C.CP(C)C.[Pd+][I].[Pd+][I].[c-]1cc[c-]s1. The summed E-state index contributed by atoms with van der Waals surface area (Å²) in [6.07, 6.45) is 0. The Morgan fingerprint density at radius 2 is 0.640 bits per heavy atom. The van der Waals surface area contributed by atoms with Crippen LogP contribution in [0.15, 0.2) is 12.1 Å². The predicted octanol–water partition coefficient (Wildman–Crippen LogP) is 8.55. The molecule has 0 aliphatic heterocycles. The second kappa shape index (κ2) is 46.4. The van der Waals surface area contributed by atoms with E-state index < -0.39 is 0 Å². The van der Waals surface area contributed by atoms with Crippen LogP contribution >= 0.6 is 82.1 Å². The Bertz CT molecular complexity index is 190. The third kappa shape index (κ3) is 229. The van der Waals surface area contributed by atoms with Gasteiger partial charge in [-0.25, -0.2) is 0 Å². The molecule has 0 amide bonds. The summed E-state index contributed by atoms with van der Waals surface area (Å²) in [5.74, 6) is 0. The minimum Gasteiger partial charge on any atom is -0.474 e. The molecule has 0 fully saturated rings. The summed E-state index contributed by atoms with van der Waals surface area (Å²) in [5, 5.41) is 5.69. The van der Waals surface area contributed by atoms with Gasteiger partial charge in [0, 0.05) is 0 Å². The average Bonchev–Trinajstić information content (AvgIpc) is 2.99. The van der Waals surface area contributed by atoms with E-state index in [2.05, 4.69) is 122 Å². The Morgan fingerprint density at radius 3 is 0.680 bits per heavy atom. The van der Waals surface area contributed by atoms with Crippen molar-refractivity contribution in [2.45, 2.75) is 0 Å². The Morgan fingerprint density at radius 1 is 0.520 bits per heavy atom. The molecule has 0 spiro atoms. The van der Waals surface area contributed by atoms with E-state index in [1.807, 2.05) is 51.2 Å². The quantitative estimate of drug-likeness (QED) is 0.106. The summed E-state index contributed by atoms with van der Waals surface area (Å²) in [6, 6.07) is 3.68. The van der Waals surface area contributed by atoms with E-state index in [4.69, 9.17) is 0 Å². The first-order valence-electron chi connectivity index (χ1n) is 6.92. The molecule has 0 atom stereocenters. The zero-order valence-electron chi connectivity index (χ0n) is 17.7. The zero-order valence-corrected chi connectivity index (χ0v) is 29.6. The summed E-state index contributed by atoms with van der Waals surface area (Å²) in [7, 11) is 1.52. The maximum absolute atomic E-state index is 2.85. The molecule has 0 nitrogen and oxygen atoms in total. The van der Waals surface area contributed by atoms with Gasteiger partial charge in [0.15, 0.2) is 0 Å². The van der Waals surface area contributed by atoms with Crippen LogP contribution in [0.25, 0.3) is 0 Å². The Labute approximate surface area is 213 Å². The standard InChI is InChI=1S/C4H2S.4C3H9P.2HI.2Pd/c1-2-4-5-3-1;4*1-4(2)3;;;;/h1-2H;4*1-3H3;2*1H;;/q-2;;;;;;;2*+2/p-2. The molecule has 0 aliphatic carbocycles. The molecular formula is C16H38I2P4Pd2S. The van der Waals surface area contributed by atoms with Gasteiger partial charge in [0.25, 0.3) is 0 Å². The van der Waals surface area contributed by atoms with E-state index in [-0.39, 0.29) is 0 Å². The summed E-state index contributed by atoms with van der Waals surface area (Å²) in [4.78, 5) is 0. The van der Waals surface area contributed by atoms with E-state index in [1.54, 1.807) is 0 Å². The molecule has 25 heavy (non-hydrogen) atoms. The van der Waals surface area contributed by atoms with Crippen LogP contribution < -0.4 is 0 Å². The van der Waals surface area contributed by atoms with Crippen LogP contribution in [-0.2, 0) is 31.2 Å². The molecule has 0 N–H and O–H groups in total. The van der Waals surface area contributed by atoms with Crippen LogP contribution in [0.2, 0.25) is 0 Å². The minimum absolute atomic E-state index is 0.380. The fourth-order valence-corrected chi connectivity index (χ4v) is 0.510. The Kier molecular flexibility index (Phi) is 80.1. The normalized spacial score (nSPS) is 7.92. The zero-order chi connectivity index (χ0) is 21.8. The van der Waals surface area contributed by atoms with Crippen LogP contribution in [0.4, 0.5) is 0 Å². The smallest absolute Gasteiger partial charge is 0.301 e. The van der Waals surface area contributed by atoms with E-state index in [0.717, 1.165) is 0 Å². The molecular weight excluding hydrogens is 815 g/mol. The van der Waals surface area contributed by atoms with Crippen LogP contribution in [-0.4, -0.2) is 80.0 Å². The van der Waals surface area contributed by atoms with Gasteiger partial charge in [-0.2, -0.15) is 0 Å². The third-order valence-corrected chi connectivity index (χ3v) is 0.845. The molecule has 0 saturated carbocycles. The third-order valence-electron chi connectivity index (χ3n) is 0.337. The molecule has 0 aliphatic rings. The Hall–Kier alpha value is 4.20. The van der Waals surface area contributed by atoms with Crippen molar-refractivity contribution in [1.82, 2.24) is 0 Å². The molecule has 1 heterocycles. The fourth-order valence-electron chi connectivity index (χ4n) is 0.170. The van der Waals surface area contributed by atoms with Gasteiger partial charge < -0.3 is 34.2 Å². The van der Waals surface area contributed by atoms with Gasteiger partial charge in [-0.3, -0.25) is 0 Å². The number of rotatable bonds is 0. The van der Waals surface area contributed by atoms with Crippen LogP contribution in [0, 0.1) is 10.8 Å². The molecule has 0 bridgehead atoms. The summed E-state index contributed by atoms with van der Waals surface area (Å²) in [5.41, 5.74) is 0. The average molecular weight is 853 g/mol. The summed E-state index contributed by atoms with van der Waals surface area (Å²) in [6.45, 7) is 26.8. The van der Waals surface area contributed by atoms with Gasteiger partial charge in [0.2, 0.25) is 0 Å². The molecule has 1 aromatic heterocycles. The van der Waals surface area contributed by atoms with Gasteiger partial charge in [-0.05, 0) is 80.0 Å². The monoisotopic (exact) mass is 852 g/mol. The van der Waals surface area contributed by atoms with Crippen LogP contribution in [0.5, 0.6) is 0 Å². The van der Waals surface area contributed by atoms with Crippen molar-refractivity contribution in [3.05, 3.63) is 22.9 Å². The van der Waals surface area contributed by atoms with Crippen molar-refractivity contribution in [2.75, 3.05) is 80.0 Å². The molecule has 0 saturated heterocycles. The van der Waals surface area contributed by atoms with Gasteiger partial charge in [0.05, 0.1) is 0 Å². The van der Waals surface area contributed by atoms with E-state index in [0.29, 0.717) is 31.7 Å². The Balaban J connectivity index is -0.0000000431. The number of hydrogen-bond donors (Lipinski definition) is 0. The first-order chi connectivity index (χ1) is 11.4. The van der Waals surface area contributed by atoms with Crippen molar-refractivity contribution in [1.29, 1.82) is 0 Å². The van der Waals surface area contributed by atoms with Crippen molar-refractivity contribution in [3.63, 3.8) is 0 Å². The minimum atomic E-state index is 0.380. The molecule has 1 aromatic rings. The number of halogens is 2. The van der Waals surface area contributed by atoms with Crippen LogP contribution in [0.3, 0.4) is 0 Å². The maximum atomic E-state index is 2.85. The molecule has 0 radical (unpaired) electrons. The van der Waals surface area contributed by atoms with Crippen molar-refractivity contribution < 1.29 is 31.2 Å². The van der Waals surface area contributed by atoms with Gasteiger partial charge in [-0.15, -0.1) is 31.7 Å². The summed E-state index contributed by atoms with van der Waals surface area (Å²) >= 11 is 10.9. The van der Waals surface area contributed by atoms with Crippen molar-refractivity contribution in [3.8, 4) is 0 Å². The van der Waals surface area contributed by atoms with E-state index in [1.165, 1.54) is 11.3 Å². The number of hydrogen-bond acceptors (Lipinski definition) is 1. The van der Waals surface area contributed by atoms with Gasteiger partial charge in [0.1, 0.15) is 0 Å². The fraction of sp³-hybridized carbons (Fsp3) is 0.750. The number of thiophene rings is 1. The largest absolute Gasteiger partial charge is 0.474 e. The molecule has 0 unspecified atom stereocenters. The van der Waals surface area contributed by atoms with Gasteiger partial charge in [-0.1, -0.05) is 0 Å². The predicted molar refractivity (Wildman–Crippen MR) is 149 cm³/mol. The maximum Gasteiger partial charge on any atom is -0.301 e. The molecule has 1 rings (SSSR count). The topological polar surface area (TPSA) is 0 Å². The first-order valence-corrected chi connectivity index (χ1v) is 27.7. The molecule has 162 valence electrons. The van der Waals surface area contributed by atoms with Crippen molar-refractivity contribution in [2.24, 2.45) is 0 Å². The van der Waals surface area contributed by atoms with E-state index >= 15 is 0 Å². The first kappa shape index (κ1) is 43.1. The van der Waals surface area contributed by atoms with Crippen LogP contribution in [0.1, 0.15) is 0 Å². The molecule has 0 aromatic carbocycles. The van der Waals surface area contributed by atoms with Crippen molar-refractivity contribution >= 4 is 82.1 Å². The summed E-state index contributed by atoms with van der Waals surface area (Å²) < 4.78 is 0. The second-order valence-corrected chi connectivity index (χ2v) is 17.4. The second-order valence-electron chi connectivity index (χ2n) is 6.04.